The maximum absolute atomic E-state index is 14.2. The summed E-state index contributed by atoms with van der Waals surface area (Å²) in [6.45, 7) is 5.01. The summed E-state index contributed by atoms with van der Waals surface area (Å²) in [6, 6.07) is 5.37. The maximum atomic E-state index is 14.2. The second-order valence-electron chi connectivity index (χ2n) is 4.86. The predicted octanol–water partition coefficient (Wildman–Crippen LogP) is 3.17. The molecule has 0 aliphatic carbocycles. The third kappa shape index (κ3) is 4.46. The molecule has 114 valence electrons. The molecule has 0 fully saturated rings. The molecule has 0 spiro atoms. The van der Waals surface area contributed by atoms with Gasteiger partial charge in [0.15, 0.2) is 11.6 Å². The molecule has 0 saturated heterocycles. The molecule has 3 nitrogen and oxygen atoms in total. The summed E-state index contributed by atoms with van der Waals surface area (Å²) in [6.07, 6.45) is 2.68. The highest BCUT2D eigenvalue weighted by Crippen LogP contribution is 2.22. The molecule has 2 unspecified atom stereocenters. The number of ether oxygens (including phenoxy) is 2. The standard InChI is InChI=1S/C16H26FNO2/c1-5-8-14(19-3)13(18-6-2)11-12-9-7-10-15(20-4)16(12)17/h7,9-10,13-14,18H,5-6,8,11H2,1-4H3. The van der Waals surface area contributed by atoms with Crippen molar-refractivity contribution >= 4 is 0 Å². The predicted molar refractivity (Wildman–Crippen MR) is 79.8 cm³/mol. The SMILES string of the molecule is CCCC(OC)C(Cc1cccc(OC)c1F)NCC. The zero-order valence-electron chi connectivity index (χ0n) is 12.9. The lowest BCUT2D eigenvalue weighted by Crippen LogP contribution is -2.42. The van der Waals surface area contributed by atoms with Gasteiger partial charge in [-0.25, -0.2) is 4.39 Å². The number of nitrogens with one attached hydrogen (secondary N) is 1. The van der Waals surface area contributed by atoms with E-state index in [9.17, 15) is 4.39 Å². The zero-order chi connectivity index (χ0) is 15.0. The Balaban J connectivity index is 2.89. The number of benzene rings is 1. The molecule has 0 aliphatic heterocycles. The first-order chi connectivity index (χ1) is 9.67. The lowest BCUT2D eigenvalue weighted by molar-refractivity contribution is 0.0611. The first-order valence-corrected chi connectivity index (χ1v) is 7.25. The third-order valence-corrected chi connectivity index (χ3v) is 3.49. The van der Waals surface area contributed by atoms with Crippen molar-refractivity contribution in [2.75, 3.05) is 20.8 Å². The Morgan fingerprint density at radius 3 is 2.55 bits per heavy atom. The largest absolute Gasteiger partial charge is 0.494 e. The molecule has 0 saturated carbocycles. The summed E-state index contributed by atoms with van der Waals surface area (Å²) < 4.78 is 24.8. The second-order valence-corrected chi connectivity index (χ2v) is 4.86. The van der Waals surface area contributed by atoms with Crippen LogP contribution in [0.2, 0.25) is 0 Å². The van der Waals surface area contributed by atoms with Gasteiger partial charge in [-0.15, -0.1) is 0 Å². The quantitative estimate of drug-likeness (QED) is 0.755. The molecule has 0 bridgehead atoms. The Kier molecular flexibility index (Phi) is 7.55. The Bertz CT molecular complexity index is 398. The van der Waals surface area contributed by atoms with Crippen molar-refractivity contribution < 1.29 is 13.9 Å². The molecule has 0 radical (unpaired) electrons. The van der Waals surface area contributed by atoms with E-state index in [1.165, 1.54) is 7.11 Å². The van der Waals surface area contributed by atoms with Crippen molar-refractivity contribution in [3.8, 4) is 5.75 Å². The van der Waals surface area contributed by atoms with Crippen molar-refractivity contribution in [2.45, 2.75) is 45.3 Å². The van der Waals surface area contributed by atoms with Crippen molar-refractivity contribution in [1.29, 1.82) is 0 Å². The highest BCUT2D eigenvalue weighted by Gasteiger charge is 2.22. The fourth-order valence-electron chi connectivity index (χ4n) is 2.47. The van der Waals surface area contributed by atoms with Crippen molar-refractivity contribution in [1.82, 2.24) is 5.32 Å². The van der Waals surface area contributed by atoms with Crippen LogP contribution in [0.25, 0.3) is 0 Å². The Labute approximate surface area is 121 Å². The van der Waals surface area contributed by atoms with Crippen LogP contribution in [-0.2, 0) is 11.2 Å². The van der Waals surface area contributed by atoms with E-state index in [4.69, 9.17) is 9.47 Å². The minimum absolute atomic E-state index is 0.0885. The van der Waals surface area contributed by atoms with Crippen LogP contribution in [0, 0.1) is 5.82 Å². The number of hydrogen-bond donors (Lipinski definition) is 1. The molecule has 20 heavy (non-hydrogen) atoms. The number of likely N-dealkylation sites (N-methyl/N-ethyl adjacent to an activating group) is 1. The van der Waals surface area contributed by atoms with Crippen molar-refractivity contribution in [3.63, 3.8) is 0 Å². The molecule has 1 rings (SSSR count). The van der Waals surface area contributed by atoms with Crippen LogP contribution in [0.5, 0.6) is 5.75 Å². The molecule has 1 aromatic carbocycles. The van der Waals surface area contributed by atoms with E-state index < -0.39 is 0 Å². The van der Waals surface area contributed by atoms with Crippen LogP contribution in [-0.4, -0.2) is 32.9 Å². The normalized spacial score (nSPS) is 14.1. The number of hydrogen-bond acceptors (Lipinski definition) is 3. The molecule has 4 heteroatoms. The summed E-state index contributed by atoms with van der Waals surface area (Å²) in [5.74, 6) is 0.0199. The first kappa shape index (κ1) is 16.9. The van der Waals surface area contributed by atoms with Gasteiger partial charge in [-0.2, -0.15) is 0 Å². The number of halogens is 1. The zero-order valence-corrected chi connectivity index (χ0v) is 12.9. The average molecular weight is 283 g/mol. The summed E-state index contributed by atoms with van der Waals surface area (Å²) in [7, 11) is 3.20. The highest BCUT2D eigenvalue weighted by atomic mass is 19.1. The second kappa shape index (κ2) is 8.93. The van der Waals surface area contributed by atoms with Crippen LogP contribution in [0.4, 0.5) is 4.39 Å². The number of rotatable bonds is 9. The fraction of sp³-hybridized carbons (Fsp3) is 0.625. The molecule has 0 aromatic heterocycles. The lowest BCUT2D eigenvalue weighted by Gasteiger charge is -2.27. The van der Waals surface area contributed by atoms with Crippen LogP contribution < -0.4 is 10.1 Å². The Morgan fingerprint density at radius 1 is 1.25 bits per heavy atom. The molecule has 0 amide bonds. The fourth-order valence-corrected chi connectivity index (χ4v) is 2.47. The van der Waals surface area contributed by atoms with Gasteiger partial charge in [0, 0.05) is 13.2 Å². The Morgan fingerprint density at radius 2 is 2.00 bits per heavy atom. The average Bonchev–Trinajstić information content (AvgIpc) is 2.46. The highest BCUT2D eigenvalue weighted by molar-refractivity contribution is 5.31. The van der Waals surface area contributed by atoms with E-state index in [-0.39, 0.29) is 18.0 Å². The van der Waals surface area contributed by atoms with Crippen molar-refractivity contribution in [2.24, 2.45) is 0 Å². The molecular weight excluding hydrogens is 257 g/mol. The third-order valence-electron chi connectivity index (χ3n) is 3.49. The smallest absolute Gasteiger partial charge is 0.168 e. The van der Waals surface area contributed by atoms with Gasteiger partial charge >= 0.3 is 0 Å². The van der Waals surface area contributed by atoms with E-state index in [1.807, 2.05) is 13.0 Å². The van der Waals surface area contributed by atoms with E-state index in [0.717, 1.165) is 19.4 Å². The van der Waals surface area contributed by atoms with Gasteiger partial charge in [0.05, 0.1) is 13.2 Å². The summed E-state index contributed by atoms with van der Waals surface area (Å²) >= 11 is 0. The molecule has 0 aliphatic rings. The van der Waals surface area contributed by atoms with Crippen molar-refractivity contribution in [3.05, 3.63) is 29.6 Å². The van der Waals surface area contributed by atoms with Gasteiger partial charge in [0.1, 0.15) is 0 Å². The monoisotopic (exact) mass is 283 g/mol. The number of methoxy groups -OCH3 is 2. The molecular formula is C16H26FNO2. The van der Waals surface area contributed by atoms with Crippen LogP contribution >= 0.6 is 0 Å². The topological polar surface area (TPSA) is 30.5 Å². The molecule has 1 aromatic rings. The molecule has 1 N–H and O–H groups in total. The minimum atomic E-state index is -0.274. The first-order valence-electron chi connectivity index (χ1n) is 7.25. The maximum Gasteiger partial charge on any atom is 0.168 e. The van der Waals surface area contributed by atoms with Gasteiger partial charge in [0.2, 0.25) is 0 Å². The van der Waals surface area contributed by atoms with Gasteiger partial charge in [-0.3, -0.25) is 0 Å². The van der Waals surface area contributed by atoms with E-state index in [0.29, 0.717) is 17.7 Å². The van der Waals surface area contributed by atoms with E-state index >= 15 is 0 Å². The molecule has 2 atom stereocenters. The van der Waals surface area contributed by atoms with E-state index in [1.54, 1.807) is 19.2 Å². The van der Waals surface area contributed by atoms with Gasteiger partial charge in [-0.05, 0) is 31.0 Å². The summed E-state index contributed by atoms with van der Waals surface area (Å²) in [5.41, 5.74) is 0.661. The summed E-state index contributed by atoms with van der Waals surface area (Å²) in [4.78, 5) is 0. The van der Waals surface area contributed by atoms with Gasteiger partial charge in [0.25, 0.3) is 0 Å². The van der Waals surface area contributed by atoms with Gasteiger partial charge in [-0.1, -0.05) is 32.4 Å². The van der Waals surface area contributed by atoms with Crippen LogP contribution in [0.3, 0.4) is 0 Å². The van der Waals surface area contributed by atoms with Crippen LogP contribution in [0.1, 0.15) is 32.3 Å². The van der Waals surface area contributed by atoms with E-state index in [2.05, 4.69) is 12.2 Å². The van der Waals surface area contributed by atoms with Gasteiger partial charge < -0.3 is 14.8 Å². The summed E-state index contributed by atoms with van der Waals surface area (Å²) in [5, 5.41) is 3.40. The Hall–Kier alpha value is -1.13. The lowest BCUT2D eigenvalue weighted by atomic mass is 9.97. The minimum Gasteiger partial charge on any atom is -0.494 e. The molecule has 0 heterocycles. The van der Waals surface area contributed by atoms with Crippen LogP contribution in [0.15, 0.2) is 18.2 Å².